The number of rotatable bonds is 1. The van der Waals surface area contributed by atoms with Crippen molar-refractivity contribution in [1.82, 2.24) is 0 Å². The van der Waals surface area contributed by atoms with Crippen LogP contribution < -0.4 is 4.57 Å². The number of hydrogen-bond donors (Lipinski definition) is 0. The molecule has 1 nitrogen and oxygen atoms in total. The molecule has 2 aromatic rings. The van der Waals surface area contributed by atoms with Crippen LogP contribution >= 0.6 is 0 Å². The van der Waals surface area contributed by atoms with Gasteiger partial charge in [-0.05, 0) is 35.6 Å². The topological polar surface area (TPSA) is 3.88 Å². The van der Waals surface area contributed by atoms with E-state index in [4.69, 9.17) is 0 Å². The van der Waals surface area contributed by atoms with Gasteiger partial charge in [0.2, 0.25) is 5.69 Å². The largest absolute Gasteiger partial charge is 0.212 e. The second kappa shape index (κ2) is 9.40. The third-order valence-corrected chi connectivity index (χ3v) is 3.47. The van der Waals surface area contributed by atoms with Crippen molar-refractivity contribution in [3.05, 3.63) is 53.7 Å². The van der Waals surface area contributed by atoms with Crippen LogP contribution in [0.1, 0.15) is 59.6 Å². The van der Waals surface area contributed by atoms with Crippen molar-refractivity contribution < 1.29 is 4.57 Å². The van der Waals surface area contributed by atoms with E-state index in [1.165, 1.54) is 22.4 Å². The van der Waals surface area contributed by atoms with E-state index >= 15 is 0 Å². The Kier molecular flexibility index (Phi) is 8.70. The van der Waals surface area contributed by atoms with E-state index in [2.05, 4.69) is 81.9 Å². The van der Waals surface area contributed by atoms with Crippen LogP contribution in [-0.4, -0.2) is 0 Å². The summed E-state index contributed by atoms with van der Waals surface area (Å²) in [7, 11) is 2.10. The van der Waals surface area contributed by atoms with Gasteiger partial charge in [-0.25, -0.2) is 4.57 Å². The summed E-state index contributed by atoms with van der Waals surface area (Å²) in [5.41, 5.74) is 5.58. The molecule has 0 spiro atoms. The Morgan fingerprint density at radius 1 is 0.818 bits per heavy atom. The van der Waals surface area contributed by atoms with E-state index in [9.17, 15) is 0 Å². The zero-order valence-corrected chi connectivity index (χ0v) is 16.0. The van der Waals surface area contributed by atoms with E-state index < -0.39 is 0 Å². The summed E-state index contributed by atoms with van der Waals surface area (Å²) in [6.45, 7) is 17.0. The number of nitrogens with zero attached hydrogens (tertiary/aromatic N) is 1. The SMILES string of the molecule is CC.CC.Cc1c(-c2cccc[n+]2C)cccc1C(C)(C)C. The Balaban J connectivity index is 0.00000102. The molecule has 0 bridgehead atoms. The van der Waals surface area contributed by atoms with Crippen molar-refractivity contribution in [2.24, 2.45) is 7.05 Å². The standard InChI is InChI=1S/C17H22N.2C2H6/c1-13-14(16-11-6-7-12-18(16)5)9-8-10-15(13)17(2,3)4;2*1-2/h6-12H,1-5H3;2*1-2H3/q+1;;. The molecule has 0 aliphatic heterocycles. The molecule has 0 fully saturated rings. The lowest BCUT2D eigenvalue weighted by atomic mass is 9.82. The van der Waals surface area contributed by atoms with Gasteiger partial charge in [0.05, 0.1) is 0 Å². The zero-order chi connectivity index (χ0) is 17.3. The molecule has 0 unspecified atom stereocenters. The predicted octanol–water partition coefficient (Wildman–Crippen LogP) is 5.84. The number of aryl methyl sites for hydroxylation is 1. The molecule has 1 aromatic heterocycles. The number of benzene rings is 1. The maximum Gasteiger partial charge on any atom is 0.212 e. The molecule has 22 heavy (non-hydrogen) atoms. The fraction of sp³-hybridized carbons (Fsp3) is 0.476. The predicted molar refractivity (Wildman–Crippen MR) is 99.2 cm³/mol. The Morgan fingerprint density at radius 2 is 1.41 bits per heavy atom. The second-order valence-electron chi connectivity index (χ2n) is 5.92. The summed E-state index contributed by atoms with van der Waals surface area (Å²) in [5, 5.41) is 0. The minimum atomic E-state index is 0.188. The van der Waals surface area contributed by atoms with Gasteiger partial charge in [0.15, 0.2) is 6.20 Å². The summed E-state index contributed by atoms with van der Waals surface area (Å²) in [6, 6.07) is 12.9. The molecule has 0 atom stereocenters. The lowest BCUT2D eigenvalue weighted by Crippen LogP contribution is -2.30. The van der Waals surface area contributed by atoms with Crippen molar-refractivity contribution >= 4 is 0 Å². The molecule has 0 saturated heterocycles. The van der Waals surface area contributed by atoms with Crippen LogP contribution in [0.3, 0.4) is 0 Å². The Bertz CT molecular complexity index is 562. The van der Waals surface area contributed by atoms with Crippen LogP contribution in [0.15, 0.2) is 42.6 Å². The summed E-state index contributed by atoms with van der Waals surface area (Å²) >= 11 is 0. The van der Waals surface area contributed by atoms with Crippen LogP contribution in [-0.2, 0) is 12.5 Å². The molecular weight excluding hydrogens is 266 g/mol. The third kappa shape index (κ3) is 4.98. The summed E-state index contributed by atoms with van der Waals surface area (Å²) in [5.74, 6) is 0. The van der Waals surface area contributed by atoms with E-state index in [1.54, 1.807) is 0 Å². The molecule has 0 radical (unpaired) electrons. The molecule has 0 aliphatic carbocycles. The highest BCUT2D eigenvalue weighted by atomic mass is 14.9. The van der Waals surface area contributed by atoms with E-state index in [-0.39, 0.29) is 5.41 Å². The first kappa shape index (κ1) is 20.4. The maximum absolute atomic E-state index is 2.27. The smallest absolute Gasteiger partial charge is 0.201 e. The van der Waals surface area contributed by atoms with E-state index in [0.29, 0.717) is 0 Å². The quantitative estimate of drug-likeness (QED) is 0.583. The van der Waals surface area contributed by atoms with Crippen molar-refractivity contribution in [3.63, 3.8) is 0 Å². The fourth-order valence-electron chi connectivity index (χ4n) is 2.53. The van der Waals surface area contributed by atoms with Crippen LogP contribution in [0.25, 0.3) is 11.3 Å². The highest BCUT2D eigenvalue weighted by Crippen LogP contribution is 2.31. The molecule has 1 heterocycles. The van der Waals surface area contributed by atoms with Crippen molar-refractivity contribution in [1.29, 1.82) is 0 Å². The number of pyridine rings is 1. The van der Waals surface area contributed by atoms with Crippen LogP contribution in [0, 0.1) is 6.92 Å². The van der Waals surface area contributed by atoms with Gasteiger partial charge < -0.3 is 0 Å². The Hall–Kier alpha value is -1.63. The zero-order valence-electron chi connectivity index (χ0n) is 16.0. The number of hydrogen-bond acceptors (Lipinski definition) is 0. The monoisotopic (exact) mass is 300 g/mol. The lowest BCUT2D eigenvalue weighted by molar-refractivity contribution is -0.660. The highest BCUT2D eigenvalue weighted by Gasteiger charge is 2.20. The van der Waals surface area contributed by atoms with Gasteiger partial charge >= 0.3 is 0 Å². The van der Waals surface area contributed by atoms with Gasteiger partial charge in [0.1, 0.15) is 7.05 Å². The van der Waals surface area contributed by atoms with Gasteiger partial charge in [-0.1, -0.05) is 60.6 Å². The Morgan fingerprint density at radius 3 is 1.91 bits per heavy atom. The Labute approximate surface area is 138 Å². The average molecular weight is 301 g/mol. The molecule has 0 N–H and O–H groups in total. The van der Waals surface area contributed by atoms with Gasteiger partial charge in [0, 0.05) is 17.7 Å². The summed E-state index contributed by atoms with van der Waals surface area (Å²) in [4.78, 5) is 0. The van der Waals surface area contributed by atoms with Crippen molar-refractivity contribution in [2.45, 2.75) is 60.8 Å². The maximum atomic E-state index is 2.27. The summed E-state index contributed by atoms with van der Waals surface area (Å²) in [6.07, 6.45) is 2.10. The van der Waals surface area contributed by atoms with Gasteiger partial charge in [-0.15, -0.1) is 0 Å². The first-order chi connectivity index (χ1) is 10.4. The molecule has 122 valence electrons. The highest BCUT2D eigenvalue weighted by molar-refractivity contribution is 5.63. The van der Waals surface area contributed by atoms with Crippen LogP contribution in [0.5, 0.6) is 0 Å². The molecule has 1 heteroatoms. The van der Waals surface area contributed by atoms with Crippen LogP contribution in [0.4, 0.5) is 0 Å². The van der Waals surface area contributed by atoms with Crippen molar-refractivity contribution in [2.75, 3.05) is 0 Å². The lowest BCUT2D eigenvalue weighted by Gasteiger charge is -2.22. The fourth-order valence-corrected chi connectivity index (χ4v) is 2.53. The van der Waals surface area contributed by atoms with Gasteiger partial charge in [-0.3, -0.25) is 0 Å². The normalized spacial score (nSPS) is 10.0. The van der Waals surface area contributed by atoms with Gasteiger partial charge in [0.25, 0.3) is 0 Å². The first-order valence-electron chi connectivity index (χ1n) is 8.46. The average Bonchev–Trinajstić information content (AvgIpc) is 2.51. The number of aromatic nitrogens is 1. The molecule has 0 saturated carbocycles. The molecule has 1 aromatic carbocycles. The molecule has 2 rings (SSSR count). The van der Waals surface area contributed by atoms with E-state index in [1.807, 2.05) is 27.7 Å². The van der Waals surface area contributed by atoms with Gasteiger partial charge in [-0.2, -0.15) is 0 Å². The summed E-state index contributed by atoms with van der Waals surface area (Å²) < 4.78 is 2.18. The van der Waals surface area contributed by atoms with Crippen LogP contribution in [0.2, 0.25) is 0 Å². The molecule has 0 amide bonds. The molecular formula is C21H34N+. The minimum Gasteiger partial charge on any atom is -0.201 e. The van der Waals surface area contributed by atoms with Crippen molar-refractivity contribution in [3.8, 4) is 11.3 Å². The first-order valence-corrected chi connectivity index (χ1v) is 8.46. The second-order valence-corrected chi connectivity index (χ2v) is 5.92. The third-order valence-electron chi connectivity index (χ3n) is 3.47. The van der Waals surface area contributed by atoms with E-state index in [0.717, 1.165) is 0 Å². The molecule has 0 aliphatic rings. The minimum absolute atomic E-state index is 0.188.